The van der Waals surface area contributed by atoms with E-state index in [0.717, 1.165) is 0 Å². The van der Waals surface area contributed by atoms with Crippen molar-refractivity contribution < 1.29 is 22.7 Å². The van der Waals surface area contributed by atoms with Gasteiger partial charge in [0.2, 0.25) is 15.9 Å². The van der Waals surface area contributed by atoms with Crippen LogP contribution in [0.5, 0.6) is 5.75 Å². The van der Waals surface area contributed by atoms with Crippen LogP contribution in [0.2, 0.25) is 0 Å². The van der Waals surface area contributed by atoms with E-state index < -0.39 is 27.9 Å². The van der Waals surface area contributed by atoms with Gasteiger partial charge in [-0.1, -0.05) is 0 Å². The molecule has 1 rings (SSSR count). The molecule has 0 radical (unpaired) electrons. The lowest BCUT2D eigenvalue weighted by atomic mass is 10.1. The van der Waals surface area contributed by atoms with Crippen LogP contribution in [0.15, 0.2) is 29.2 Å². The summed E-state index contributed by atoms with van der Waals surface area (Å²) in [5.41, 5.74) is 3.74. The molecule has 2 amide bonds. The van der Waals surface area contributed by atoms with E-state index >= 15 is 0 Å². The zero-order valence-electron chi connectivity index (χ0n) is 12.4. The Kier molecular flexibility index (Phi) is 6.90. The molecule has 10 nitrogen and oxygen atoms in total. The van der Waals surface area contributed by atoms with E-state index in [2.05, 4.69) is 4.72 Å². The Bertz CT molecular complexity index is 646. The maximum atomic E-state index is 12.3. The van der Waals surface area contributed by atoms with Crippen LogP contribution in [0.4, 0.5) is 0 Å². The molecule has 1 aromatic rings. The second-order valence-electron chi connectivity index (χ2n) is 4.46. The average Bonchev–Trinajstić information content (AvgIpc) is 2.57. The van der Waals surface area contributed by atoms with Gasteiger partial charge in [-0.2, -0.15) is 4.72 Å². The minimum absolute atomic E-state index is 0.0589. The van der Waals surface area contributed by atoms with Gasteiger partial charge in [0.25, 0.3) is 5.91 Å². The van der Waals surface area contributed by atoms with Gasteiger partial charge in [0.05, 0.1) is 12.0 Å². The molecule has 0 aliphatic rings. The normalized spacial score (nSPS) is 12.3. The van der Waals surface area contributed by atoms with E-state index in [4.69, 9.17) is 16.4 Å². The molecule has 0 saturated heterocycles. The minimum Gasteiger partial charge on any atom is -0.497 e. The second kappa shape index (κ2) is 8.43. The fourth-order valence-corrected chi connectivity index (χ4v) is 2.93. The average molecular weight is 345 g/mol. The molecule has 7 N–H and O–H groups in total. The topological polar surface area (TPSA) is 166 Å². The summed E-state index contributed by atoms with van der Waals surface area (Å²) in [6, 6.07) is 4.36. The Hall–Kier alpha value is -2.21. The third-order valence-corrected chi connectivity index (χ3v) is 4.43. The van der Waals surface area contributed by atoms with Gasteiger partial charge in [-0.15, -0.1) is 0 Å². The highest BCUT2D eigenvalue weighted by atomic mass is 32.2. The van der Waals surface area contributed by atoms with Crippen molar-refractivity contribution in [1.82, 2.24) is 15.6 Å². The summed E-state index contributed by atoms with van der Waals surface area (Å²) in [5.74, 6) is 9.14. The minimum atomic E-state index is -3.98. The van der Waals surface area contributed by atoms with Gasteiger partial charge in [0.15, 0.2) is 0 Å². The van der Waals surface area contributed by atoms with Crippen molar-refractivity contribution in [2.75, 3.05) is 7.11 Å². The van der Waals surface area contributed by atoms with Gasteiger partial charge < -0.3 is 4.74 Å². The van der Waals surface area contributed by atoms with Crippen LogP contribution in [0.3, 0.4) is 0 Å². The lowest BCUT2D eigenvalue weighted by molar-refractivity contribution is -0.123. The smallest absolute Gasteiger partial charge is 0.252 e. The van der Waals surface area contributed by atoms with Crippen LogP contribution < -0.4 is 32.0 Å². The van der Waals surface area contributed by atoms with Gasteiger partial charge in [0, 0.05) is 6.42 Å². The van der Waals surface area contributed by atoms with Crippen molar-refractivity contribution in [3.63, 3.8) is 0 Å². The molecule has 0 aliphatic carbocycles. The molecular formula is C12H19N5O5S. The fourth-order valence-electron chi connectivity index (χ4n) is 1.70. The summed E-state index contributed by atoms with van der Waals surface area (Å²) >= 11 is 0. The number of nitrogens with one attached hydrogen (secondary N) is 3. The zero-order chi connectivity index (χ0) is 17.5. The number of hydrogen-bond donors (Lipinski definition) is 5. The molecule has 1 aromatic carbocycles. The highest BCUT2D eigenvalue weighted by Gasteiger charge is 2.25. The van der Waals surface area contributed by atoms with E-state index in [1.54, 1.807) is 0 Å². The van der Waals surface area contributed by atoms with Crippen molar-refractivity contribution in [2.45, 2.75) is 23.8 Å². The largest absolute Gasteiger partial charge is 0.497 e. The summed E-state index contributed by atoms with van der Waals surface area (Å²) in [5, 5.41) is 0. The number of sulfonamides is 1. The van der Waals surface area contributed by atoms with Crippen molar-refractivity contribution in [2.24, 2.45) is 11.7 Å². The predicted molar refractivity (Wildman–Crippen MR) is 81.0 cm³/mol. The SMILES string of the molecule is COc1ccc(S(=O)(=O)NC(CCC(=O)NN)C(=O)NN)cc1. The van der Waals surface area contributed by atoms with Gasteiger partial charge in [-0.05, 0) is 30.7 Å². The van der Waals surface area contributed by atoms with Crippen LogP contribution in [-0.4, -0.2) is 33.4 Å². The number of rotatable bonds is 8. The standard InChI is InChI=1S/C12H19N5O5S/c1-22-8-2-4-9(5-3-8)23(20,21)17-10(12(19)16-14)6-7-11(18)15-13/h2-5,10,17H,6-7,13-14H2,1H3,(H,15,18)(H,16,19). The molecule has 23 heavy (non-hydrogen) atoms. The first-order valence-electron chi connectivity index (χ1n) is 6.50. The summed E-state index contributed by atoms with van der Waals surface area (Å²) in [7, 11) is -2.53. The third kappa shape index (κ3) is 5.49. The molecule has 0 heterocycles. The number of carbonyl (C=O) groups is 2. The molecule has 1 atom stereocenters. The summed E-state index contributed by atoms with van der Waals surface area (Å²) < 4.78 is 31.7. The van der Waals surface area contributed by atoms with Gasteiger partial charge in [-0.25, -0.2) is 20.1 Å². The van der Waals surface area contributed by atoms with Gasteiger partial charge in [0.1, 0.15) is 11.8 Å². The lowest BCUT2D eigenvalue weighted by Gasteiger charge is -2.17. The van der Waals surface area contributed by atoms with Gasteiger partial charge in [-0.3, -0.25) is 20.4 Å². The maximum absolute atomic E-state index is 12.3. The van der Waals surface area contributed by atoms with Crippen molar-refractivity contribution in [3.05, 3.63) is 24.3 Å². The Labute approximate surface area is 133 Å². The predicted octanol–water partition coefficient (Wildman–Crippen LogP) is -1.90. The van der Waals surface area contributed by atoms with E-state index in [0.29, 0.717) is 5.75 Å². The summed E-state index contributed by atoms with van der Waals surface area (Å²) in [4.78, 5) is 22.8. The summed E-state index contributed by atoms with van der Waals surface area (Å²) in [6.45, 7) is 0. The van der Waals surface area contributed by atoms with Crippen molar-refractivity contribution in [1.29, 1.82) is 0 Å². The number of methoxy groups -OCH3 is 1. The molecule has 0 bridgehead atoms. The van der Waals surface area contributed by atoms with Crippen LogP contribution in [0.25, 0.3) is 0 Å². The van der Waals surface area contributed by atoms with E-state index in [1.807, 2.05) is 10.9 Å². The Balaban J connectivity index is 2.90. The monoisotopic (exact) mass is 345 g/mol. The van der Waals surface area contributed by atoms with E-state index in [-0.39, 0.29) is 17.7 Å². The number of benzene rings is 1. The number of hydrogen-bond acceptors (Lipinski definition) is 7. The molecule has 1 unspecified atom stereocenters. The molecule has 0 fully saturated rings. The first-order valence-corrected chi connectivity index (χ1v) is 7.98. The first-order chi connectivity index (χ1) is 10.8. The number of hydrazine groups is 2. The maximum Gasteiger partial charge on any atom is 0.252 e. The molecule has 0 aromatic heterocycles. The zero-order valence-corrected chi connectivity index (χ0v) is 13.2. The number of nitrogens with two attached hydrogens (primary N) is 2. The molecule has 128 valence electrons. The van der Waals surface area contributed by atoms with Crippen LogP contribution in [0, 0.1) is 0 Å². The highest BCUT2D eigenvalue weighted by Crippen LogP contribution is 2.16. The van der Waals surface area contributed by atoms with Crippen molar-refractivity contribution >= 4 is 21.8 Å². The number of amides is 2. The van der Waals surface area contributed by atoms with Crippen LogP contribution >= 0.6 is 0 Å². The first kappa shape index (κ1) is 18.8. The molecule has 0 spiro atoms. The number of carbonyl (C=O) groups excluding carboxylic acids is 2. The highest BCUT2D eigenvalue weighted by molar-refractivity contribution is 7.89. The van der Waals surface area contributed by atoms with E-state index in [9.17, 15) is 18.0 Å². The molecular weight excluding hydrogens is 326 g/mol. The summed E-state index contributed by atoms with van der Waals surface area (Å²) in [6.07, 6.45) is -0.263. The quantitative estimate of drug-likeness (QED) is 0.208. The lowest BCUT2D eigenvalue weighted by Crippen LogP contribution is -2.49. The molecule has 0 aliphatic heterocycles. The van der Waals surface area contributed by atoms with Crippen molar-refractivity contribution in [3.8, 4) is 5.75 Å². The third-order valence-electron chi connectivity index (χ3n) is 2.95. The fraction of sp³-hybridized carbons (Fsp3) is 0.333. The van der Waals surface area contributed by atoms with Crippen LogP contribution in [0.1, 0.15) is 12.8 Å². The van der Waals surface area contributed by atoms with E-state index in [1.165, 1.54) is 31.4 Å². The van der Waals surface area contributed by atoms with Crippen LogP contribution in [-0.2, 0) is 19.6 Å². The molecule has 0 saturated carbocycles. The second-order valence-corrected chi connectivity index (χ2v) is 6.18. The Morgan fingerprint density at radius 1 is 1.17 bits per heavy atom. The molecule has 11 heteroatoms. The number of ether oxygens (including phenoxy) is 1. The Morgan fingerprint density at radius 2 is 1.78 bits per heavy atom. The Morgan fingerprint density at radius 3 is 2.26 bits per heavy atom. The van der Waals surface area contributed by atoms with Gasteiger partial charge >= 0.3 is 0 Å².